The molecule has 0 radical (unpaired) electrons. The second-order valence-electron chi connectivity index (χ2n) is 9.72. The van der Waals surface area contributed by atoms with E-state index in [1.54, 1.807) is 6.92 Å². The summed E-state index contributed by atoms with van der Waals surface area (Å²) in [5.74, 6) is 3.19. The van der Waals surface area contributed by atoms with Gasteiger partial charge in [0.2, 0.25) is 0 Å². The Morgan fingerprint density at radius 2 is 2.00 bits per heavy atom. The summed E-state index contributed by atoms with van der Waals surface area (Å²) < 4.78 is 5.58. The van der Waals surface area contributed by atoms with Gasteiger partial charge in [0.1, 0.15) is 6.10 Å². The van der Waals surface area contributed by atoms with Gasteiger partial charge < -0.3 is 4.74 Å². The minimum atomic E-state index is -0.107. The lowest BCUT2D eigenvalue weighted by atomic mass is 9.44. The van der Waals surface area contributed by atoms with E-state index in [2.05, 4.69) is 32.6 Å². The smallest absolute Gasteiger partial charge is 0.302 e. The first-order valence-corrected chi connectivity index (χ1v) is 10.4. The van der Waals surface area contributed by atoms with Crippen molar-refractivity contribution >= 4 is 5.97 Å². The van der Waals surface area contributed by atoms with Crippen molar-refractivity contribution in [3.8, 4) is 0 Å². The lowest BCUT2D eigenvalue weighted by Gasteiger charge is -2.60. The predicted octanol–water partition coefficient (Wildman–Crippen LogP) is 5.68. The summed E-state index contributed by atoms with van der Waals surface area (Å²) in [5.41, 5.74) is 2.35. The lowest BCUT2D eigenvalue weighted by Crippen LogP contribution is -2.53. The number of hydrogen-bond acceptors (Lipinski definition) is 2. The molecule has 0 unspecified atom stereocenters. The van der Waals surface area contributed by atoms with Crippen LogP contribution in [0.2, 0.25) is 0 Å². The summed E-state index contributed by atoms with van der Waals surface area (Å²) in [4.78, 5) is 11.4. The van der Waals surface area contributed by atoms with Crippen LogP contribution in [0.25, 0.3) is 0 Å². The van der Waals surface area contributed by atoms with Crippen LogP contribution in [0.15, 0.2) is 24.3 Å². The van der Waals surface area contributed by atoms with Gasteiger partial charge in [0.05, 0.1) is 0 Å². The van der Waals surface area contributed by atoms with Crippen LogP contribution in [-0.4, -0.2) is 12.1 Å². The van der Waals surface area contributed by atoms with Crippen LogP contribution in [0.3, 0.4) is 0 Å². The molecule has 2 heteroatoms. The van der Waals surface area contributed by atoms with Crippen molar-refractivity contribution in [2.75, 3.05) is 0 Å². The molecule has 0 bridgehead atoms. The molecule has 0 saturated heterocycles. The minimum Gasteiger partial charge on any atom is -0.463 e. The molecule has 0 aromatic heterocycles. The molecule has 2 nitrogen and oxygen atoms in total. The number of rotatable bonds is 2. The largest absolute Gasteiger partial charge is 0.463 e. The van der Waals surface area contributed by atoms with E-state index in [9.17, 15) is 4.79 Å². The standard InChI is InChI=1S/C23H34O2/c1-5-16-7-9-20-19-8-6-17-14-18(25-15(2)24)10-12-23(17,4)21(19)11-13-22(16,20)3/h5,7,17-21H,1,6,8-14H2,2-4H3/t17-,18+,19-,20-,21-,22+,23-/m0/s1. The Bertz CT molecular complexity index is 605. The SMILES string of the molecule is C=CC1=CC[C@H]2[C@@H]3CC[C@H]4C[C@H](OC(C)=O)CC[C@]4(C)[C@H]3CC[C@]12C. The van der Waals surface area contributed by atoms with Gasteiger partial charge in [0.25, 0.3) is 0 Å². The van der Waals surface area contributed by atoms with Gasteiger partial charge in [-0.2, -0.15) is 0 Å². The van der Waals surface area contributed by atoms with E-state index >= 15 is 0 Å². The highest BCUT2D eigenvalue weighted by Gasteiger charge is 2.58. The van der Waals surface area contributed by atoms with Gasteiger partial charge >= 0.3 is 5.97 Å². The Balaban J connectivity index is 1.54. The van der Waals surface area contributed by atoms with Crippen LogP contribution < -0.4 is 0 Å². The van der Waals surface area contributed by atoms with Crippen molar-refractivity contribution in [1.29, 1.82) is 0 Å². The van der Waals surface area contributed by atoms with Crippen molar-refractivity contribution in [2.24, 2.45) is 34.5 Å². The van der Waals surface area contributed by atoms with Gasteiger partial charge in [0, 0.05) is 6.92 Å². The van der Waals surface area contributed by atoms with Crippen molar-refractivity contribution in [2.45, 2.75) is 78.2 Å². The Labute approximate surface area is 153 Å². The first-order chi connectivity index (χ1) is 11.9. The fraction of sp³-hybridized carbons (Fsp3) is 0.783. The fourth-order valence-corrected chi connectivity index (χ4v) is 7.48. The Hall–Kier alpha value is -1.05. The van der Waals surface area contributed by atoms with Gasteiger partial charge in [-0.1, -0.05) is 32.6 Å². The molecule has 4 rings (SSSR count). The van der Waals surface area contributed by atoms with Crippen LogP contribution in [-0.2, 0) is 9.53 Å². The lowest BCUT2D eigenvalue weighted by molar-refractivity contribution is -0.158. The fourth-order valence-electron chi connectivity index (χ4n) is 7.48. The van der Waals surface area contributed by atoms with Crippen LogP contribution in [0.1, 0.15) is 72.1 Å². The summed E-state index contributed by atoms with van der Waals surface area (Å²) in [6.45, 7) is 10.7. The molecular weight excluding hydrogens is 308 g/mol. The first kappa shape index (κ1) is 17.4. The number of allylic oxidation sites excluding steroid dienone is 3. The average Bonchev–Trinajstić information content (AvgIpc) is 2.91. The summed E-state index contributed by atoms with van der Waals surface area (Å²) in [6, 6.07) is 0. The quantitative estimate of drug-likeness (QED) is 0.603. The molecule has 3 fully saturated rings. The molecule has 4 aliphatic carbocycles. The topological polar surface area (TPSA) is 26.3 Å². The Morgan fingerprint density at radius 3 is 2.72 bits per heavy atom. The highest BCUT2D eigenvalue weighted by Crippen LogP contribution is 2.66. The molecule has 0 aliphatic heterocycles. The van der Waals surface area contributed by atoms with E-state index in [0.29, 0.717) is 10.8 Å². The summed E-state index contributed by atoms with van der Waals surface area (Å²) in [7, 11) is 0. The van der Waals surface area contributed by atoms with E-state index in [0.717, 1.165) is 36.5 Å². The van der Waals surface area contributed by atoms with E-state index < -0.39 is 0 Å². The highest BCUT2D eigenvalue weighted by molar-refractivity contribution is 5.66. The van der Waals surface area contributed by atoms with E-state index in [4.69, 9.17) is 4.74 Å². The number of ether oxygens (including phenoxy) is 1. The van der Waals surface area contributed by atoms with Crippen molar-refractivity contribution < 1.29 is 9.53 Å². The van der Waals surface area contributed by atoms with Gasteiger partial charge in [0.15, 0.2) is 0 Å². The number of fused-ring (bicyclic) bond motifs is 5. The third-order valence-electron chi connectivity index (χ3n) is 8.81. The Morgan fingerprint density at radius 1 is 1.20 bits per heavy atom. The van der Waals surface area contributed by atoms with Gasteiger partial charge in [-0.3, -0.25) is 4.79 Å². The van der Waals surface area contributed by atoms with E-state index in [1.807, 2.05) is 0 Å². The van der Waals surface area contributed by atoms with Crippen LogP contribution in [0.5, 0.6) is 0 Å². The third-order valence-corrected chi connectivity index (χ3v) is 8.81. The third kappa shape index (κ3) is 2.54. The summed E-state index contributed by atoms with van der Waals surface area (Å²) in [5, 5.41) is 0. The molecule has 0 N–H and O–H groups in total. The molecular formula is C23H34O2. The highest BCUT2D eigenvalue weighted by atomic mass is 16.5. The molecule has 0 spiro atoms. The number of esters is 1. The average molecular weight is 343 g/mol. The van der Waals surface area contributed by atoms with Crippen molar-refractivity contribution in [3.63, 3.8) is 0 Å². The second kappa shape index (κ2) is 5.99. The van der Waals surface area contributed by atoms with Crippen LogP contribution in [0, 0.1) is 34.5 Å². The van der Waals surface area contributed by atoms with Crippen molar-refractivity contribution in [3.05, 3.63) is 24.3 Å². The monoisotopic (exact) mass is 342 g/mol. The van der Waals surface area contributed by atoms with E-state index in [1.165, 1.54) is 44.1 Å². The molecule has 4 aliphatic rings. The molecule has 0 heterocycles. The van der Waals surface area contributed by atoms with Crippen molar-refractivity contribution in [1.82, 2.24) is 0 Å². The number of carbonyl (C=O) groups excluding carboxylic acids is 1. The zero-order valence-corrected chi connectivity index (χ0v) is 16.2. The maximum Gasteiger partial charge on any atom is 0.302 e. The first-order valence-electron chi connectivity index (χ1n) is 10.4. The van der Waals surface area contributed by atoms with Gasteiger partial charge in [-0.25, -0.2) is 0 Å². The molecule has 3 saturated carbocycles. The normalized spacial score (nSPS) is 48.6. The number of carbonyl (C=O) groups is 1. The predicted molar refractivity (Wildman–Crippen MR) is 101 cm³/mol. The molecule has 25 heavy (non-hydrogen) atoms. The van der Waals surface area contributed by atoms with Crippen LogP contribution >= 0.6 is 0 Å². The Kier molecular flexibility index (Phi) is 4.16. The molecule has 7 atom stereocenters. The van der Waals surface area contributed by atoms with Gasteiger partial charge in [-0.15, -0.1) is 0 Å². The van der Waals surface area contributed by atoms with Gasteiger partial charge in [-0.05, 0) is 91.4 Å². The number of hydrogen-bond donors (Lipinski definition) is 0. The zero-order chi connectivity index (χ0) is 17.8. The minimum absolute atomic E-state index is 0.107. The zero-order valence-electron chi connectivity index (χ0n) is 16.2. The summed E-state index contributed by atoms with van der Waals surface area (Å²) >= 11 is 0. The van der Waals surface area contributed by atoms with Crippen LogP contribution in [0.4, 0.5) is 0 Å². The molecule has 138 valence electrons. The molecule has 0 amide bonds. The molecule has 0 aromatic rings. The second-order valence-corrected chi connectivity index (χ2v) is 9.72. The maximum atomic E-state index is 11.4. The maximum absolute atomic E-state index is 11.4. The molecule has 0 aromatic carbocycles. The van der Waals surface area contributed by atoms with E-state index in [-0.39, 0.29) is 12.1 Å². The summed E-state index contributed by atoms with van der Waals surface area (Å²) in [6.07, 6.45) is 14.8.